The minimum atomic E-state index is -0.354. The highest BCUT2D eigenvalue weighted by atomic mass is 35.5. The van der Waals surface area contributed by atoms with Crippen molar-refractivity contribution >= 4 is 35.2 Å². The van der Waals surface area contributed by atoms with Gasteiger partial charge in [0.15, 0.2) is 0 Å². The van der Waals surface area contributed by atoms with Crippen LogP contribution < -0.4 is 5.73 Å². The highest BCUT2D eigenvalue weighted by molar-refractivity contribution is 7.99. The third-order valence-corrected chi connectivity index (χ3v) is 5.01. The molecule has 0 bridgehead atoms. The molecule has 1 fully saturated rings. The first kappa shape index (κ1) is 17.8. The quantitative estimate of drug-likeness (QED) is 0.798. The van der Waals surface area contributed by atoms with Gasteiger partial charge in [0, 0.05) is 23.7 Å². The van der Waals surface area contributed by atoms with Crippen molar-refractivity contribution in [3.8, 4) is 11.5 Å². The van der Waals surface area contributed by atoms with E-state index in [0.29, 0.717) is 29.2 Å². The summed E-state index contributed by atoms with van der Waals surface area (Å²) in [4.78, 5) is 25.3. The molecule has 0 radical (unpaired) electrons. The lowest BCUT2D eigenvalue weighted by Crippen LogP contribution is -2.44. The lowest BCUT2D eigenvalue weighted by molar-refractivity contribution is -0.132. The van der Waals surface area contributed by atoms with Crippen LogP contribution in [0, 0.1) is 5.92 Å². The molecule has 1 aromatic heterocycles. The first-order valence-electron chi connectivity index (χ1n) is 7.82. The Kier molecular flexibility index (Phi) is 5.60. The number of primary amides is 1. The van der Waals surface area contributed by atoms with E-state index in [4.69, 9.17) is 21.8 Å². The molecule has 1 atom stereocenters. The van der Waals surface area contributed by atoms with E-state index in [1.807, 2.05) is 6.07 Å². The van der Waals surface area contributed by atoms with E-state index >= 15 is 0 Å². The summed E-state index contributed by atoms with van der Waals surface area (Å²) in [7, 11) is 0. The first-order valence-corrected chi connectivity index (χ1v) is 9.18. The SMILES string of the molecule is NC(=O)C1CCCN(C(=O)CSc2nnc(-c3cccc(Cl)c3)o2)C1. The molecule has 2 amide bonds. The van der Waals surface area contributed by atoms with Crippen molar-refractivity contribution < 1.29 is 14.0 Å². The van der Waals surface area contributed by atoms with Crippen LogP contribution in [0.4, 0.5) is 0 Å². The summed E-state index contributed by atoms with van der Waals surface area (Å²) in [6, 6.07) is 7.10. The van der Waals surface area contributed by atoms with Gasteiger partial charge in [-0.05, 0) is 31.0 Å². The number of nitrogens with zero attached hydrogens (tertiary/aromatic N) is 3. The van der Waals surface area contributed by atoms with E-state index in [-0.39, 0.29) is 23.5 Å². The van der Waals surface area contributed by atoms with Crippen LogP contribution in [-0.2, 0) is 9.59 Å². The molecule has 132 valence electrons. The predicted octanol–water partition coefficient (Wildman–Crippen LogP) is 2.21. The molecule has 1 aliphatic heterocycles. The Morgan fingerprint density at radius 3 is 3.00 bits per heavy atom. The molecule has 1 aliphatic rings. The minimum absolute atomic E-state index is 0.0709. The molecule has 0 aliphatic carbocycles. The van der Waals surface area contributed by atoms with Crippen molar-refractivity contribution in [1.29, 1.82) is 0 Å². The van der Waals surface area contributed by atoms with Crippen molar-refractivity contribution in [3.63, 3.8) is 0 Å². The fourth-order valence-corrected chi connectivity index (χ4v) is 3.51. The molecule has 3 rings (SSSR count). The lowest BCUT2D eigenvalue weighted by atomic mass is 9.97. The van der Waals surface area contributed by atoms with Gasteiger partial charge in [-0.15, -0.1) is 10.2 Å². The molecule has 1 saturated heterocycles. The average molecular weight is 381 g/mol. The molecular weight excluding hydrogens is 364 g/mol. The number of thioether (sulfide) groups is 1. The van der Waals surface area contributed by atoms with Crippen LogP contribution in [-0.4, -0.2) is 45.8 Å². The number of rotatable bonds is 5. The molecule has 25 heavy (non-hydrogen) atoms. The van der Waals surface area contributed by atoms with Crippen LogP contribution >= 0.6 is 23.4 Å². The van der Waals surface area contributed by atoms with Crippen molar-refractivity contribution in [2.75, 3.05) is 18.8 Å². The van der Waals surface area contributed by atoms with Gasteiger partial charge >= 0.3 is 0 Å². The number of hydrogen-bond donors (Lipinski definition) is 1. The average Bonchev–Trinajstić information content (AvgIpc) is 3.09. The molecule has 2 aromatic rings. The van der Waals surface area contributed by atoms with Gasteiger partial charge < -0.3 is 15.1 Å². The summed E-state index contributed by atoms with van der Waals surface area (Å²) in [5.41, 5.74) is 6.06. The van der Waals surface area contributed by atoms with Crippen LogP contribution in [0.5, 0.6) is 0 Å². The number of amides is 2. The number of likely N-dealkylation sites (tertiary alicyclic amines) is 1. The Balaban J connectivity index is 1.57. The summed E-state index contributed by atoms with van der Waals surface area (Å²) in [5, 5.41) is 8.80. The molecule has 7 nitrogen and oxygen atoms in total. The molecule has 2 N–H and O–H groups in total. The Labute approximate surface area is 153 Å². The summed E-state index contributed by atoms with van der Waals surface area (Å²) >= 11 is 7.12. The molecular formula is C16H17ClN4O3S. The Morgan fingerprint density at radius 1 is 1.40 bits per heavy atom. The molecule has 0 saturated carbocycles. The standard InChI is InChI=1S/C16H17ClN4O3S/c17-12-5-1-3-10(7-12)15-19-20-16(24-15)25-9-13(22)21-6-2-4-11(8-21)14(18)23/h1,3,5,7,11H,2,4,6,8-9H2,(H2,18,23). The maximum absolute atomic E-state index is 12.3. The zero-order valence-corrected chi connectivity index (χ0v) is 14.9. The minimum Gasteiger partial charge on any atom is -0.411 e. The van der Waals surface area contributed by atoms with Gasteiger partial charge in [0.2, 0.25) is 17.7 Å². The van der Waals surface area contributed by atoms with Crippen molar-refractivity contribution in [2.45, 2.75) is 18.1 Å². The van der Waals surface area contributed by atoms with Crippen LogP contribution in [0.25, 0.3) is 11.5 Å². The normalized spacial score (nSPS) is 17.5. The van der Waals surface area contributed by atoms with E-state index in [9.17, 15) is 9.59 Å². The van der Waals surface area contributed by atoms with E-state index in [0.717, 1.165) is 18.4 Å². The molecule has 2 heterocycles. The van der Waals surface area contributed by atoms with Crippen LogP contribution in [0.1, 0.15) is 12.8 Å². The van der Waals surface area contributed by atoms with Crippen molar-refractivity contribution in [3.05, 3.63) is 29.3 Å². The number of carbonyl (C=O) groups is 2. The summed E-state index contributed by atoms with van der Waals surface area (Å²) < 4.78 is 5.56. The third kappa shape index (κ3) is 4.52. The maximum atomic E-state index is 12.3. The molecule has 1 aromatic carbocycles. The number of benzene rings is 1. The van der Waals surface area contributed by atoms with Crippen LogP contribution in [0.2, 0.25) is 5.02 Å². The first-order chi connectivity index (χ1) is 12.0. The van der Waals surface area contributed by atoms with Crippen LogP contribution in [0.15, 0.2) is 33.9 Å². The van der Waals surface area contributed by atoms with Gasteiger partial charge in [0.05, 0.1) is 11.7 Å². The summed E-state index contributed by atoms with van der Waals surface area (Å²) in [5.74, 6) is -0.167. The molecule has 1 unspecified atom stereocenters. The zero-order valence-electron chi connectivity index (χ0n) is 13.4. The zero-order chi connectivity index (χ0) is 17.8. The Hall–Kier alpha value is -2.06. The van der Waals surface area contributed by atoms with Gasteiger partial charge in [-0.25, -0.2) is 0 Å². The number of hydrogen-bond acceptors (Lipinski definition) is 6. The highest BCUT2D eigenvalue weighted by Gasteiger charge is 2.27. The van der Waals surface area contributed by atoms with E-state index < -0.39 is 0 Å². The van der Waals surface area contributed by atoms with E-state index in [1.54, 1.807) is 23.1 Å². The second-order valence-electron chi connectivity index (χ2n) is 5.75. The van der Waals surface area contributed by atoms with Gasteiger partial charge in [-0.2, -0.15) is 0 Å². The Bertz CT molecular complexity index is 782. The number of piperidine rings is 1. The fourth-order valence-electron chi connectivity index (χ4n) is 2.66. The number of aromatic nitrogens is 2. The maximum Gasteiger partial charge on any atom is 0.277 e. The van der Waals surface area contributed by atoms with Gasteiger partial charge in [-0.3, -0.25) is 9.59 Å². The predicted molar refractivity (Wildman–Crippen MR) is 94.0 cm³/mol. The molecule has 0 spiro atoms. The highest BCUT2D eigenvalue weighted by Crippen LogP contribution is 2.25. The van der Waals surface area contributed by atoms with E-state index in [2.05, 4.69) is 10.2 Å². The smallest absolute Gasteiger partial charge is 0.277 e. The fraction of sp³-hybridized carbons (Fsp3) is 0.375. The number of halogens is 1. The van der Waals surface area contributed by atoms with Gasteiger partial charge in [0.25, 0.3) is 5.22 Å². The van der Waals surface area contributed by atoms with Crippen molar-refractivity contribution in [2.24, 2.45) is 11.7 Å². The largest absolute Gasteiger partial charge is 0.411 e. The Morgan fingerprint density at radius 2 is 2.24 bits per heavy atom. The van der Waals surface area contributed by atoms with Gasteiger partial charge in [0.1, 0.15) is 0 Å². The second-order valence-corrected chi connectivity index (χ2v) is 7.12. The van der Waals surface area contributed by atoms with E-state index in [1.165, 1.54) is 11.8 Å². The number of carbonyl (C=O) groups excluding carboxylic acids is 2. The monoisotopic (exact) mass is 380 g/mol. The number of nitrogens with two attached hydrogens (primary N) is 1. The summed E-state index contributed by atoms with van der Waals surface area (Å²) in [6.45, 7) is 1.02. The molecule has 9 heteroatoms. The third-order valence-electron chi connectivity index (χ3n) is 3.97. The topological polar surface area (TPSA) is 102 Å². The van der Waals surface area contributed by atoms with Gasteiger partial charge in [-0.1, -0.05) is 29.4 Å². The second kappa shape index (κ2) is 7.88. The summed E-state index contributed by atoms with van der Waals surface area (Å²) in [6.07, 6.45) is 1.52. The van der Waals surface area contributed by atoms with Crippen molar-refractivity contribution in [1.82, 2.24) is 15.1 Å². The lowest BCUT2D eigenvalue weighted by Gasteiger charge is -2.31. The van der Waals surface area contributed by atoms with Crippen LogP contribution in [0.3, 0.4) is 0 Å².